The third-order valence-electron chi connectivity index (χ3n) is 2.84. The van der Waals surface area contributed by atoms with Crippen LogP contribution in [0.4, 0.5) is 0 Å². The zero-order valence-electron chi connectivity index (χ0n) is 10.6. The zero-order chi connectivity index (χ0) is 14.2. The summed E-state index contributed by atoms with van der Waals surface area (Å²) in [6.45, 7) is 4.23. The Kier molecular flexibility index (Phi) is 3.24. The number of nitrogens with zero attached hydrogens (tertiary/aromatic N) is 3. The van der Waals surface area contributed by atoms with Gasteiger partial charge in [0.2, 0.25) is 5.82 Å². The quantitative estimate of drug-likeness (QED) is 0.810. The van der Waals surface area contributed by atoms with Gasteiger partial charge in [-0.3, -0.25) is 14.3 Å². The Morgan fingerprint density at radius 1 is 1.32 bits per heavy atom. The van der Waals surface area contributed by atoms with Gasteiger partial charge in [-0.05, 0) is 13.3 Å². The Labute approximate surface area is 107 Å². The molecule has 19 heavy (non-hydrogen) atoms. The van der Waals surface area contributed by atoms with Crippen molar-refractivity contribution < 1.29 is 9.90 Å². The van der Waals surface area contributed by atoms with E-state index in [1.807, 2.05) is 6.92 Å². The van der Waals surface area contributed by atoms with Gasteiger partial charge >= 0.3 is 11.7 Å². The fourth-order valence-electron chi connectivity index (χ4n) is 2.07. The number of carbonyl (C=O) groups is 1. The lowest BCUT2D eigenvalue weighted by molar-refractivity contribution is 0.0679. The second-order valence-corrected chi connectivity index (χ2v) is 4.07. The largest absolute Gasteiger partial charge is 0.475 e. The van der Waals surface area contributed by atoms with Crippen LogP contribution in [-0.2, 0) is 13.1 Å². The van der Waals surface area contributed by atoms with Crippen LogP contribution in [0.2, 0.25) is 0 Å². The van der Waals surface area contributed by atoms with Crippen molar-refractivity contribution in [3.05, 3.63) is 26.7 Å². The first kappa shape index (κ1) is 13.1. The molecular formula is C11H14N4O4. The molecule has 2 heterocycles. The molecule has 2 aromatic heterocycles. The molecule has 8 nitrogen and oxygen atoms in total. The summed E-state index contributed by atoms with van der Waals surface area (Å²) in [4.78, 5) is 40.8. The van der Waals surface area contributed by atoms with Crippen molar-refractivity contribution in [2.45, 2.75) is 33.4 Å². The van der Waals surface area contributed by atoms with E-state index in [1.165, 1.54) is 9.13 Å². The lowest BCUT2D eigenvalue weighted by Crippen LogP contribution is -2.31. The Morgan fingerprint density at radius 3 is 2.53 bits per heavy atom. The highest BCUT2D eigenvalue weighted by Crippen LogP contribution is 2.11. The first-order valence-electron chi connectivity index (χ1n) is 5.97. The van der Waals surface area contributed by atoms with Gasteiger partial charge in [0.1, 0.15) is 0 Å². The molecule has 0 unspecified atom stereocenters. The van der Waals surface area contributed by atoms with Gasteiger partial charge in [-0.2, -0.15) is 0 Å². The number of hydrogen-bond donors (Lipinski definition) is 2. The van der Waals surface area contributed by atoms with Crippen molar-refractivity contribution in [2.75, 3.05) is 0 Å². The van der Waals surface area contributed by atoms with Crippen LogP contribution < -0.4 is 11.2 Å². The number of hydrogen-bond acceptors (Lipinski definition) is 4. The normalized spacial score (nSPS) is 11.1. The lowest BCUT2D eigenvalue weighted by atomic mass is 10.4. The van der Waals surface area contributed by atoms with E-state index in [2.05, 4.69) is 9.97 Å². The molecule has 0 spiro atoms. The van der Waals surface area contributed by atoms with Gasteiger partial charge < -0.3 is 9.67 Å². The molecule has 0 bridgehead atoms. The highest BCUT2D eigenvalue weighted by Gasteiger charge is 2.21. The standard InChI is InChI=1S/C11H14N4O4/c1-3-5-15-7-6(9(16)13-11(15)19)14(4-2)8(12-7)10(17)18/h3-5H2,1-2H3,(H,17,18)(H,13,16,19). The smallest absolute Gasteiger partial charge is 0.372 e. The minimum Gasteiger partial charge on any atom is -0.475 e. The minimum absolute atomic E-state index is 0.118. The van der Waals surface area contributed by atoms with Crippen LogP contribution in [0, 0.1) is 0 Å². The highest BCUT2D eigenvalue weighted by molar-refractivity contribution is 5.88. The summed E-state index contributed by atoms with van der Waals surface area (Å²) in [7, 11) is 0. The molecule has 2 N–H and O–H groups in total. The number of aromatic carboxylic acids is 1. The second kappa shape index (κ2) is 4.71. The minimum atomic E-state index is -1.23. The summed E-state index contributed by atoms with van der Waals surface area (Å²) in [5, 5.41) is 9.10. The molecule has 0 saturated heterocycles. The number of imidazole rings is 1. The van der Waals surface area contributed by atoms with Crippen LogP contribution in [-0.4, -0.2) is 30.2 Å². The molecule has 0 fully saturated rings. The van der Waals surface area contributed by atoms with E-state index in [0.717, 1.165) is 0 Å². The molecule has 8 heteroatoms. The van der Waals surface area contributed by atoms with E-state index in [-0.39, 0.29) is 23.5 Å². The average Bonchev–Trinajstić information content (AvgIpc) is 2.74. The maximum absolute atomic E-state index is 11.8. The number of nitrogens with one attached hydrogen (secondary N) is 1. The van der Waals surface area contributed by atoms with E-state index >= 15 is 0 Å². The van der Waals surface area contributed by atoms with Crippen LogP contribution in [0.1, 0.15) is 30.9 Å². The van der Waals surface area contributed by atoms with Gasteiger partial charge in [0.05, 0.1) is 0 Å². The van der Waals surface area contributed by atoms with Gasteiger partial charge in [0.25, 0.3) is 5.56 Å². The van der Waals surface area contributed by atoms with Crippen molar-refractivity contribution in [1.82, 2.24) is 19.1 Å². The zero-order valence-corrected chi connectivity index (χ0v) is 10.6. The summed E-state index contributed by atoms with van der Waals surface area (Å²) >= 11 is 0. The number of aromatic amines is 1. The van der Waals surface area contributed by atoms with Gasteiger partial charge in [-0.25, -0.2) is 14.6 Å². The molecular weight excluding hydrogens is 252 g/mol. The molecule has 102 valence electrons. The van der Waals surface area contributed by atoms with E-state index in [0.29, 0.717) is 13.0 Å². The lowest BCUT2D eigenvalue weighted by Gasteiger charge is -2.04. The van der Waals surface area contributed by atoms with E-state index in [4.69, 9.17) is 5.11 Å². The summed E-state index contributed by atoms with van der Waals surface area (Å²) in [5.41, 5.74) is -0.950. The summed E-state index contributed by atoms with van der Waals surface area (Å²) in [6.07, 6.45) is 0.669. The molecule has 0 saturated carbocycles. The van der Waals surface area contributed by atoms with Gasteiger partial charge in [0.15, 0.2) is 11.2 Å². The fraction of sp³-hybridized carbons (Fsp3) is 0.455. The van der Waals surface area contributed by atoms with Crippen LogP contribution in [0.15, 0.2) is 9.59 Å². The maximum Gasteiger partial charge on any atom is 0.372 e. The monoisotopic (exact) mass is 266 g/mol. The first-order valence-corrected chi connectivity index (χ1v) is 5.97. The van der Waals surface area contributed by atoms with Gasteiger partial charge in [0, 0.05) is 13.1 Å². The van der Waals surface area contributed by atoms with Crippen molar-refractivity contribution in [3.8, 4) is 0 Å². The molecule has 0 aromatic carbocycles. The molecule has 0 aliphatic carbocycles. The second-order valence-electron chi connectivity index (χ2n) is 4.07. The fourth-order valence-corrected chi connectivity index (χ4v) is 2.07. The third-order valence-corrected chi connectivity index (χ3v) is 2.84. The number of aryl methyl sites for hydroxylation is 2. The molecule has 2 aromatic rings. The molecule has 0 radical (unpaired) electrons. The number of carboxylic acid groups (broad SMARTS) is 1. The first-order chi connectivity index (χ1) is 9.01. The van der Waals surface area contributed by atoms with Crippen LogP contribution in [0.25, 0.3) is 11.2 Å². The van der Waals surface area contributed by atoms with Crippen molar-refractivity contribution in [3.63, 3.8) is 0 Å². The van der Waals surface area contributed by atoms with E-state index < -0.39 is 17.2 Å². The summed E-state index contributed by atoms with van der Waals surface area (Å²) < 4.78 is 2.58. The molecule has 0 atom stereocenters. The maximum atomic E-state index is 11.8. The summed E-state index contributed by atoms with van der Waals surface area (Å²) in [5.74, 6) is -1.47. The van der Waals surface area contributed by atoms with Crippen molar-refractivity contribution in [1.29, 1.82) is 0 Å². The van der Waals surface area contributed by atoms with Crippen LogP contribution in [0.3, 0.4) is 0 Å². The van der Waals surface area contributed by atoms with E-state index in [9.17, 15) is 14.4 Å². The molecule has 0 aliphatic rings. The van der Waals surface area contributed by atoms with E-state index in [1.54, 1.807) is 6.92 Å². The number of fused-ring (bicyclic) bond motifs is 1. The topological polar surface area (TPSA) is 110 Å². The number of aromatic nitrogens is 4. The van der Waals surface area contributed by atoms with Crippen molar-refractivity contribution >= 4 is 17.1 Å². The Hall–Kier alpha value is -2.38. The molecule has 0 aliphatic heterocycles. The number of carboxylic acids is 1. The Balaban J connectivity index is 2.97. The third kappa shape index (κ3) is 1.94. The number of rotatable bonds is 4. The SMILES string of the molecule is CCCn1c(=O)[nH]c(=O)c2c1nc(C(=O)O)n2CC. The van der Waals surface area contributed by atoms with Crippen molar-refractivity contribution in [2.24, 2.45) is 0 Å². The Morgan fingerprint density at radius 2 is 2.00 bits per heavy atom. The average molecular weight is 266 g/mol. The van der Waals surface area contributed by atoms with Crippen LogP contribution in [0.5, 0.6) is 0 Å². The Bertz CT molecular complexity index is 752. The van der Waals surface area contributed by atoms with Crippen LogP contribution >= 0.6 is 0 Å². The highest BCUT2D eigenvalue weighted by atomic mass is 16.4. The van der Waals surface area contributed by atoms with Gasteiger partial charge in [-0.1, -0.05) is 6.92 Å². The number of H-pyrrole nitrogens is 1. The summed E-state index contributed by atoms with van der Waals surface area (Å²) in [6, 6.07) is 0. The molecule has 0 amide bonds. The van der Waals surface area contributed by atoms with Gasteiger partial charge in [-0.15, -0.1) is 0 Å². The predicted octanol–water partition coefficient (Wildman–Crippen LogP) is 0.0144. The predicted molar refractivity (Wildman–Crippen MR) is 67.5 cm³/mol. The molecule has 2 rings (SSSR count).